The molecule has 10 heteroatoms. The van der Waals surface area contributed by atoms with Crippen molar-refractivity contribution in [2.75, 3.05) is 6.54 Å². The molecule has 0 aliphatic rings. The van der Waals surface area contributed by atoms with Crippen molar-refractivity contribution in [1.82, 2.24) is 4.90 Å². The zero-order valence-corrected chi connectivity index (χ0v) is 13.1. The van der Waals surface area contributed by atoms with Crippen LogP contribution in [0.15, 0.2) is 29.4 Å². The third-order valence-corrected chi connectivity index (χ3v) is 3.27. The van der Waals surface area contributed by atoms with Gasteiger partial charge in [0.1, 0.15) is 5.10 Å². The highest BCUT2D eigenvalue weighted by Crippen LogP contribution is 2.12. The smallest absolute Gasteiger partial charge is 0.275 e. The van der Waals surface area contributed by atoms with Gasteiger partial charge in [-0.25, -0.2) is 10.1 Å². The number of guanidine groups is 1. The molecule has 23 heavy (non-hydrogen) atoms. The first-order valence-electron chi connectivity index (χ1n) is 6.85. The van der Waals surface area contributed by atoms with Crippen LogP contribution < -0.4 is 17.2 Å². The molecule has 0 bridgehead atoms. The van der Waals surface area contributed by atoms with Crippen LogP contribution in [0.1, 0.15) is 18.4 Å². The number of carbonyl (C=O) groups is 1. The Kier molecular flexibility index (Phi) is 7.39. The molecular weight excluding hydrogens is 324 g/mol. The highest BCUT2D eigenvalue weighted by molar-refractivity contribution is 6.30. The van der Waals surface area contributed by atoms with E-state index in [0.717, 1.165) is 4.90 Å². The Morgan fingerprint density at radius 1 is 1.39 bits per heavy atom. The zero-order valence-electron chi connectivity index (χ0n) is 12.4. The van der Waals surface area contributed by atoms with Crippen LogP contribution >= 0.6 is 11.6 Å². The molecule has 0 spiro atoms. The predicted octanol–water partition coefficient (Wildman–Crippen LogP) is 0.241. The van der Waals surface area contributed by atoms with Crippen LogP contribution in [-0.4, -0.2) is 34.4 Å². The van der Waals surface area contributed by atoms with Crippen LogP contribution in [0.2, 0.25) is 5.02 Å². The van der Waals surface area contributed by atoms with Crippen LogP contribution in [0.3, 0.4) is 0 Å². The monoisotopic (exact) mass is 342 g/mol. The SMILES string of the molecule is NCCC[C@@H](N)C(=O)N(Cc1ccc(Cl)cc1)/C(N)=N\[N+](=O)[O-]. The molecule has 0 unspecified atom stereocenters. The fourth-order valence-electron chi connectivity index (χ4n) is 1.84. The average Bonchev–Trinajstić information content (AvgIpc) is 2.50. The van der Waals surface area contributed by atoms with Crippen LogP contribution in [0.5, 0.6) is 0 Å². The number of hydrogen-bond donors (Lipinski definition) is 3. The van der Waals surface area contributed by atoms with E-state index in [0.29, 0.717) is 30.0 Å². The van der Waals surface area contributed by atoms with Crippen molar-refractivity contribution in [3.63, 3.8) is 0 Å². The van der Waals surface area contributed by atoms with Crippen molar-refractivity contribution in [3.05, 3.63) is 45.0 Å². The van der Waals surface area contributed by atoms with Gasteiger partial charge in [-0.2, -0.15) is 0 Å². The Hall–Kier alpha value is -2.23. The van der Waals surface area contributed by atoms with E-state index in [1.54, 1.807) is 24.3 Å². The lowest BCUT2D eigenvalue weighted by Gasteiger charge is -2.23. The Balaban J connectivity index is 2.99. The molecule has 0 radical (unpaired) electrons. The highest BCUT2D eigenvalue weighted by atomic mass is 35.5. The zero-order chi connectivity index (χ0) is 17.4. The standard InChI is InChI=1S/C13H19ClN6O3/c14-10-5-3-9(4-6-10)8-19(13(17)18-20(22)23)12(21)11(16)2-1-7-15/h3-6,11H,1-2,7-8,15-16H2,(H2,17,18)/t11-/m1/s1. The second-order valence-electron chi connectivity index (χ2n) is 4.78. The number of benzene rings is 1. The van der Waals surface area contributed by atoms with Crippen LogP contribution in [-0.2, 0) is 11.3 Å². The summed E-state index contributed by atoms with van der Waals surface area (Å²) in [6.07, 6.45) is 0.895. The van der Waals surface area contributed by atoms with Gasteiger partial charge in [0.2, 0.25) is 5.91 Å². The van der Waals surface area contributed by atoms with E-state index in [1.165, 1.54) is 0 Å². The van der Waals surface area contributed by atoms with Gasteiger partial charge in [0.05, 0.1) is 12.6 Å². The minimum Gasteiger partial charge on any atom is -0.364 e. The first-order chi connectivity index (χ1) is 10.8. The third-order valence-electron chi connectivity index (χ3n) is 3.02. The first kappa shape index (κ1) is 18.8. The summed E-state index contributed by atoms with van der Waals surface area (Å²) in [6.45, 7) is 0.381. The maximum Gasteiger partial charge on any atom is 0.275 e. The van der Waals surface area contributed by atoms with Gasteiger partial charge in [0.25, 0.3) is 5.96 Å². The first-order valence-corrected chi connectivity index (χ1v) is 7.23. The molecule has 1 atom stereocenters. The normalized spacial score (nSPS) is 12.7. The van der Waals surface area contributed by atoms with E-state index in [9.17, 15) is 14.9 Å². The molecule has 1 amide bonds. The molecule has 0 aliphatic heterocycles. The van der Waals surface area contributed by atoms with Gasteiger partial charge in [-0.3, -0.25) is 9.69 Å². The summed E-state index contributed by atoms with van der Waals surface area (Å²) in [6, 6.07) is 5.75. The second kappa shape index (κ2) is 9.03. The number of halogens is 1. The van der Waals surface area contributed by atoms with Crippen molar-refractivity contribution >= 4 is 23.5 Å². The number of hydrogen-bond acceptors (Lipinski definition) is 5. The van der Waals surface area contributed by atoms with Gasteiger partial charge in [0.15, 0.2) is 5.03 Å². The molecule has 0 saturated carbocycles. The summed E-state index contributed by atoms with van der Waals surface area (Å²) in [7, 11) is 0. The van der Waals surface area contributed by atoms with Crippen molar-refractivity contribution in [1.29, 1.82) is 0 Å². The summed E-state index contributed by atoms with van der Waals surface area (Å²) >= 11 is 5.80. The topological polar surface area (TPSA) is 154 Å². The van der Waals surface area contributed by atoms with Gasteiger partial charge in [-0.15, -0.1) is 0 Å². The number of carbonyl (C=O) groups excluding carboxylic acids is 1. The lowest BCUT2D eigenvalue weighted by atomic mass is 10.1. The average molecular weight is 343 g/mol. The van der Waals surface area contributed by atoms with E-state index in [-0.39, 0.29) is 6.54 Å². The van der Waals surface area contributed by atoms with Gasteiger partial charge < -0.3 is 17.2 Å². The Bertz CT molecular complexity index is 578. The molecule has 0 saturated heterocycles. The van der Waals surface area contributed by atoms with Gasteiger partial charge in [-0.05, 0) is 37.1 Å². The maximum absolute atomic E-state index is 12.4. The summed E-state index contributed by atoms with van der Waals surface area (Å²) in [5.74, 6) is -1.09. The third kappa shape index (κ3) is 6.19. The number of nitro groups is 1. The Labute approximate surface area is 138 Å². The summed E-state index contributed by atoms with van der Waals surface area (Å²) in [5.41, 5.74) is 17.4. The summed E-state index contributed by atoms with van der Waals surface area (Å²) in [5, 5.41) is 13.1. The van der Waals surface area contributed by atoms with Crippen LogP contribution in [0.4, 0.5) is 0 Å². The summed E-state index contributed by atoms with van der Waals surface area (Å²) < 4.78 is 0. The van der Waals surface area contributed by atoms with Crippen molar-refractivity contribution in [3.8, 4) is 0 Å². The number of amides is 1. The molecule has 126 valence electrons. The maximum atomic E-state index is 12.4. The van der Waals surface area contributed by atoms with Crippen LogP contribution in [0, 0.1) is 10.1 Å². The van der Waals surface area contributed by atoms with Crippen molar-refractivity contribution in [2.45, 2.75) is 25.4 Å². The molecular formula is C13H19ClN6O3. The number of nitrogens with zero attached hydrogens (tertiary/aromatic N) is 3. The number of hydrazone groups is 1. The number of nitrogens with two attached hydrogens (primary N) is 3. The van der Waals surface area contributed by atoms with E-state index in [4.69, 9.17) is 28.8 Å². The molecule has 0 aliphatic carbocycles. The molecule has 9 nitrogen and oxygen atoms in total. The van der Waals surface area contributed by atoms with E-state index in [1.807, 2.05) is 0 Å². The molecule has 0 fully saturated rings. The Morgan fingerprint density at radius 2 is 2.00 bits per heavy atom. The van der Waals surface area contributed by atoms with Gasteiger partial charge in [0, 0.05) is 5.02 Å². The minimum atomic E-state index is -0.969. The highest BCUT2D eigenvalue weighted by Gasteiger charge is 2.25. The van der Waals surface area contributed by atoms with Crippen molar-refractivity contribution < 1.29 is 9.83 Å². The molecule has 1 aromatic carbocycles. The summed E-state index contributed by atoms with van der Waals surface area (Å²) in [4.78, 5) is 23.9. The lowest BCUT2D eigenvalue weighted by molar-refractivity contribution is -0.485. The largest absolute Gasteiger partial charge is 0.364 e. The van der Waals surface area contributed by atoms with Crippen molar-refractivity contribution in [2.24, 2.45) is 22.3 Å². The van der Waals surface area contributed by atoms with Crippen LogP contribution in [0.25, 0.3) is 0 Å². The molecule has 1 rings (SSSR count). The fraction of sp³-hybridized carbons (Fsp3) is 0.385. The quantitative estimate of drug-likeness (QED) is 0.279. The van der Waals surface area contributed by atoms with E-state index < -0.39 is 22.9 Å². The minimum absolute atomic E-state index is 0.00446. The van der Waals surface area contributed by atoms with E-state index >= 15 is 0 Å². The molecule has 6 N–H and O–H groups in total. The predicted molar refractivity (Wildman–Crippen MR) is 86.9 cm³/mol. The molecule has 1 aromatic rings. The number of rotatable bonds is 7. The Morgan fingerprint density at radius 3 is 2.52 bits per heavy atom. The van der Waals surface area contributed by atoms with Gasteiger partial charge in [-0.1, -0.05) is 23.7 Å². The lowest BCUT2D eigenvalue weighted by Crippen LogP contribution is -2.49. The van der Waals surface area contributed by atoms with Gasteiger partial charge >= 0.3 is 0 Å². The molecule has 0 aromatic heterocycles. The van der Waals surface area contributed by atoms with E-state index in [2.05, 4.69) is 5.10 Å². The second-order valence-corrected chi connectivity index (χ2v) is 5.22. The molecule has 0 heterocycles. The fourth-order valence-corrected chi connectivity index (χ4v) is 1.97.